The second kappa shape index (κ2) is 9.47. The Balaban J connectivity index is 0.00000220. The van der Waals surface area contributed by atoms with Gasteiger partial charge in [-0.2, -0.15) is 0 Å². The summed E-state index contributed by atoms with van der Waals surface area (Å²) in [5, 5.41) is 0. The van der Waals surface area contributed by atoms with Crippen LogP contribution in [0.4, 0.5) is 0 Å². The molecule has 0 saturated carbocycles. The van der Waals surface area contributed by atoms with Gasteiger partial charge in [0.05, 0.1) is 24.9 Å². The van der Waals surface area contributed by atoms with Crippen LogP contribution in [0.3, 0.4) is 0 Å². The Morgan fingerprint density at radius 3 is 2.43 bits per heavy atom. The predicted octanol–water partition coefficient (Wildman–Crippen LogP) is 2.74. The van der Waals surface area contributed by atoms with E-state index in [4.69, 9.17) is 15.2 Å². The summed E-state index contributed by atoms with van der Waals surface area (Å²) < 4.78 is 11.1. The molecule has 2 unspecified atom stereocenters. The number of aromatic nitrogens is 1. The van der Waals surface area contributed by atoms with E-state index in [0.29, 0.717) is 13.2 Å². The summed E-state index contributed by atoms with van der Waals surface area (Å²) in [4.78, 5) is 4.28. The summed E-state index contributed by atoms with van der Waals surface area (Å²) in [5.41, 5.74) is 8.09. The van der Waals surface area contributed by atoms with Gasteiger partial charge in [-0.1, -0.05) is 36.4 Å². The van der Waals surface area contributed by atoms with E-state index in [2.05, 4.69) is 4.98 Å². The van der Waals surface area contributed by atoms with Crippen LogP contribution in [-0.4, -0.2) is 24.7 Å². The van der Waals surface area contributed by atoms with Crippen LogP contribution in [0.15, 0.2) is 54.7 Å². The number of pyridine rings is 1. The molecular weight excluding hydrogens is 288 g/mol. The first kappa shape index (κ1) is 17.6. The smallest absolute Gasteiger partial charge is 0.116 e. The number of nitrogens with zero attached hydrogens (tertiary/aromatic N) is 1. The Hall–Kier alpha value is -1.46. The molecule has 0 saturated heterocycles. The molecule has 5 heteroatoms. The molecule has 2 aromatic rings. The lowest BCUT2D eigenvalue weighted by atomic mass is 10.1. The van der Waals surface area contributed by atoms with E-state index in [1.807, 2.05) is 48.5 Å². The maximum Gasteiger partial charge on any atom is 0.116 e. The summed E-state index contributed by atoms with van der Waals surface area (Å²) >= 11 is 0. The molecule has 2 atom stereocenters. The molecule has 0 bridgehead atoms. The minimum Gasteiger partial charge on any atom is -0.375 e. The normalized spacial score (nSPS) is 13.2. The molecule has 114 valence electrons. The molecule has 0 radical (unpaired) electrons. The Morgan fingerprint density at radius 2 is 1.81 bits per heavy atom. The molecule has 0 aliphatic rings. The van der Waals surface area contributed by atoms with Gasteiger partial charge in [-0.25, -0.2) is 0 Å². The fourth-order valence-electron chi connectivity index (χ4n) is 2.03. The molecule has 2 rings (SSSR count). The van der Waals surface area contributed by atoms with Crippen molar-refractivity contribution < 1.29 is 9.47 Å². The summed E-state index contributed by atoms with van der Waals surface area (Å²) in [7, 11) is 1.64. The largest absolute Gasteiger partial charge is 0.375 e. The van der Waals surface area contributed by atoms with Gasteiger partial charge in [-0.15, -0.1) is 12.4 Å². The fourth-order valence-corrected chi connectivity index (χ4v) is 2.03. The third-order valence-corrected chi connectivity index (χ3v) is 3.04. The van der Waals surface area contributed by atoms with Crippen molar-refractivity contribution in [3.05, 3.63) is 66.0 Å². The van der Waals surface area contributed by atoms with Gasteiger partial charge in [-0.3, -0.25) is 4.98 Å². The van der Waals surface area contributed by atoms with Crippen LogP contribution in [0.25, 0.3) is 0 Å². The van der Waals surface area contributed by atoms with Crippen LogP contribution in [-0.2, 0) is 16.1 Å². The summed E-state index contributed by atoms with van der Waals surface area (Å²) in [5.74, 6) is 0. The average Bonchev–Trinajstić information content (AvgIpc) is 2.50. The van der Waals surface area contributed by atoms with Crippen molar-refractivity contribution in [3.63, 3.8) is 0 Å². The van der Waals surface area contributed by atoms with Crippen LogP contribution >= 0.6 is 12.4 Å². The summed E-state index contributed by atoms with van der Waals surface area (Å²) in [6.45, 7) is 0.969. The average molecular weight is 309 g/mol. The molecule has 21 heavy (non-hydrogen) atoms. The highest BCUT2D eigenvalue weighted by Crippen LogP contribution is 2.17. The molecule has 2 N–H and O–H groups in total. The molecule has 1 heterocycles. The lowest BCUT2D eigenvalue weighted by Gasteiger charge is -2.22. The van der Waals surface area contributed by atoms with E-state index >= 15 is 0 Å². The minimum atomic E-state index is -0.257. The Morgan fingerprint density at radius 1 is 1.10 bits per heavy atom. The van der Waals surface area contributed by atoms with Crippen LogP contribution in [0.1, 0.15) is 17.4 Å². The molecule has 0 aliphatic carbocycles. The first-order chi connectivity index (χ1) is 9.81. The van der Waals surface area contributed by atoms with Crippen LogP contribution < -0.4 is 5.73 Å². The van der Waals surface area contributed by atoms with E-state index in [-0.39, 0.29) is 24.6 Å². The zero-order valence-electron chi connectivity index (χ0n) is 12.0. The number of rotatable bonds is 7. The van der Waals surface area contributed by atoms with Crippen molar-refractivity contribution in [2.75, 3.05) is 13.7 Å². The fraction of sp³-hybridized carbons (Fsp3) is 0.312. The highest BCUT2D eigenvalue weighted by molar-refractivity contribution is 5.85. The Bertz CT molecular complexity index is 496. The van der Waals surface area contributed by atoms with Crippen LogP contribution in [0.2, 0.25) is 0 Å². The third kappa shape index (κ3) is 5.44. The maximum absolute atomic E-state index is 6.13. The van der Waals surface area contributed by atoms with E-state index in [1.165, 1.54) is 0 Å². The number of benzene rings is 1. The van der Waals surface area contributed by atoms with Gasteiger partial charge in [0.2, 0.25) is 0 Å². The van der Waals surface area contributed by atoms with Crippen molar-refractivity contribution in [1.29, 1.82) is 0 Å². The second-order valence-electron chi connectivity index (χ2n) is 4.58. The number of nitrogens with two attached hydrogens (primary N) is 1. The van der Waals surface area contributed by atoms with Gasteiger partial charge >= 0.3 is 0 Å². The van der Waals surface area contributed by atoms with Gasteiger partial charge in [0.15, 0.2) is 0 Å². The lowest BCUT2D eigenvalue weighted by molar-refractivity contribution is 0.0260. The molecular formula is C16H21ClN2O2. The first-order valence-electron chi connectivity index (χ1n) is 6.62. The molecule has 4 nitrogen and oxygen atoms in total. The van der Waals surface area contributed by atoms with Crippen LogP contribution in [0.5, 0.6) is 0 Å². The van der Waals surface area contributed by atoms with Gasteiger partial charge in [0.25, 0.3) is 0 Å². The van der Waals surface area contributed by atoms with Gasteiger partial charge in [-0.05, 0) is 17.7 Å². The summed E-state index contributed by atoms with van der Waals surface area (Å²) in [6.07, 6.45) is 1.48. The quantitative estimate of drug-likeness (QED) is 0.854. The van der Waals surface area contributed by atoms with Crippen molar-refractivity contribution in [2.45, 2.75) is 18.8 Å². The first-order valence-corrected chi connectivity index (χ1v) is 6.62. The Labute approximate surface area is 131 Å². The molecule has 0 amide bonds. The standard InChI is InChI=1S/C16H20N2O2.ClH/c1-19-16(15-9-5-6-10-18-15)14(17)12-20-11-13-7-3-2-4-8-13;/h2-10,14,16H,11-12,17H2,1H3;1H. The zero-order valence-corrected chi connectivity index (χ0v) is 12.8. The van der Waals surface area contributed by atoms with Gasteiger partial charge in [0.1, 0.15) is 6.10 Å². The van der Waals surface area contributed by atoms with Crippen molar-refractivity contribution in [1.82, 2.24) is 4.98 Å². The maximum atomic E-state index is 6.13. The van der Waals surface area contributed by atoms with Gasteiger partial charge < -0.3 is 15.2 Å². The lowest BCUT2D eigenvalue weighted by Crippen LogP contribution is -2.34. The topological polar surface area (TPSA) is 57.4 Å². The van der Waals surface area contributed by atoms with Crippen molar-refractivity contribution in [2.24, 2.45) is 5.73 Å². The van der Waals surface area contributed by atoms with E-state index in [9.17, 15) is 0 Å². The number of hydrogen-bond donors (Lipinski definition) is 1. The van der Waals surface area contributed by atoms with E-state index in [1.54, 1.807) is 13.3 Å². The van der Waals surface area contributed by atoms with E-state index in [0.717, 1.165) is 11.3 Å². The Kier molecular flexibility index (Phi) is 7.93. The summed E-state index contributed by atoms with van der Waals surface area (Å²) in [6, 6.07) is 15.5. The SMILES string of the molecule is COC(c1ccccn1)C(N)COCc1ccccc1.Cl. The molecule has 1 aromatic heterocycles. The van der Waals surface area contributed by atoms with Crippen LogP contribution in [0, 0.1) is 0 Å². The molecule has 1 aromatic carbocycles. The van der Waals surface area contributed by atoms with Gasteiger partial charge in [0, 0.05) is 13.3 Å². The number of hydrogen-bond acceptors (Lipinski definition) is 4. The molecule has 0 fully saturated rings. The minimum absolute atomic E-state index is 0. The van der Waals surface area contributed by atoms with Crippen molar-refractivity contribution in [3.8, 4) is 0 Å². The number of halogens is 1. The monoisotopic (exact) mass is 308 g/mol. The van der Waals surface area contributed by atoms with E-state index < -0.39 is 0 Å². The zero-order chi connectivity index (χ0) is 14.2. The predicted molar refractivity (Wildman–Crippen MR) is 85.3 cm³/mol. The molecule has 0 spiro atoms. The number of ether oxygens (including phenoxy) is 2. The highest BCUT2D eigenvalue weighted by Gasteiger charge is 2.20. The molecule has 0 aliphatic heterocycles. The van der Waals surface area contributed by atoms with Crippen molar-refractivity contribution >= 4 is 12.4 Å². The second-order valence-corrected chi connectivity index (χ2v) is 4.58. The highest BCUT2D eigenvalue weighted by atomic mass is 35.5. The number of methoxy groups -OCH3 is 1. The third-order valence-electron chi connectivity index (χ3n) is 3.04.